The van der Waals surface area contributed by atoms with Crippen LogP contribution in [0.25, 0.3) is 0 Å². The van der Waals surface area contributed by atoms with Gasteiger partial charge in [-0.2, -0.15) is 4.37 Å². The van der Waals surface area contributed by atoms with Crippen molar-refractivity contribution >= 4 is 28.3 Å². The van der Waals surface area contributed by atoms with Crippen molar-refractivity contribution in [1.29, 1.82) is 0 Å². The van der Waals surface area contributed by atoms with Crippen LogP contribution in [-0.2, 0) is 0 Å². The molecule has 1 rings (SSSR count). The van der Waals surface area contributed by atoms with E-state index in [1.807, 2.05) is 11.9 Å². The number of amides is 1. The molecule has 0 aliphatic carbocycles. The molecular formula is C11H20N4OS. The number of rotatable bonds is 3. The second-order valence-electron chi connectivity index (χ2n) is 5.24. The molecule has 1 heterocycles. The van der Waals surface area contributed by atoms with E-state index in [1.165, 1.54) is 11.5 Å². The third kappa shape index (κ3) is 3.33. The standard InChI is InChI=1S/C11H20N4OS/c1-11(2,3)6-15(5)10-7(9(16)13-4)8(12)14-17-10/h6H2,1-5H3,(H2,12,14)(H,13,16). The van der Waals surface area contributed by atoms with E-state index in [0.29, 0.717) is 11.4 Å². The summed E-state index contributed by atoms with van der Waals surface area (Å²) in [5, 5.41) is 3.40. The fourth-order valence-electron chi connectivity index (χ4n) is 1.68. The van der Waals surface area contributed by atoms with Gasteiger partial charge < -0.3 is 16.0 Å². The van der Waals surface area contributed by atoms with Crippen LogP contribution in [0.2, 0.25) is 0 Å². The van der Waals surface area contributed by atoms with Gasteiger partial charge in [0.2, 0.25) is 0 Å². The highest BCUT2D eigenvalue weighted by molar-refractivity contribution is 7.11. The fourth-order valence-corrected chi connectivity index (χ4v) is 2.44. The molecule has 17 heavy (non-hydrogen) atoms. The maximum absolute atomic E-state index is 11.7. The maximum Gasteiger partial charge on any atom is 0.257 e. The summed E-state index contributed by atoms with van der Waals surface area (Å²) >= 11 is 1.26. The molecule has 0 spiro atoms. The third-order valence-electron chi connectivity index (χ3n) is 2.21. The first-order chi connectivity index (χ1) is 7.76. The van der Waals surface area contributed by atoms with Crippen molar-refractivity contribution in [2.45, 2.75) is 20.8 Å². The van der Waals surface area contributed by atoms with Gasteiger partial charge in [0.15, 0.2) is 5.82 Å². The van der Waals surface area contributed by atoms with Crippen LogP contribution in [0.4, 0.5) is 10.8 Å². The third-order valence-corrected chi connectivity index (χ3v) is 3.19. The summed E-state index contributed by atoms with van der Waals surface area (Å²) in [6.07, 6.45) is 0. The predicted molar refractivity (Wildman–Crippen MR) is 72.6 cm³/mol. The zero-order chi connectivity index (χ0) is 13.2. The van der Waals surface area contributed by atoms with Crippen molar-refractivity contribution in [3.8, 4) is 0 Å². The molecule has 0 atom stereocenters. The number of nitrogens with zero attached hydrogens (tertiary/aromatic N) is 2. The average molecular weight is 256 g/mol. The van der Waals surface area contributed by atoms with Gasteiger partial charge in [0.25, 0.3) is 5.91 Å². The number of nitrogen functional groups attached to an aromatic ring is 1. The number of nitrogens with one attached hydrogen (secondary N) is 1. The largest absolute Gasteiger partial charge is 0.382 e. The van der Waals surface area contributed by atoms with Crippen LogP contribution in [-0.4, -0.2) is 30.9 Å². The Morgan fingerprint density at radius 1 is 1.53 bits per heavy atom. The van der Waals surface area contributed by atoms with Crippen LogP contribution in [0, 0.1) is 5.41 Å². The number of nitrogens with two attached hydrogens (primary N) is 1. The fraction of sp³-hybridized carbons (Fsp3) is 0.636. The maximum atomic E-state index is 11.7. The topological polar surface area (TPSA) is 71.2 Å². The minimum absolute atomic E-state index is 0.146. The molecule has 0 fully saturated rings. The van der Waals surface area contributed by atoms with Gasteiger partial charge in [-0.05, 0) is 16.9 Å². The lowest BCUT2D eigenvalue weighted by Gasteiger charge is -2.27. The predicted octanol–water partition coefficient (Wildman–Crippen LogP) is 1.57. The van der Waals surface area contributed by atoms with E-state index in [-0.39, 0.29) is 11.3 Å². The van der Waals surface area contributed by atoms with Crippen LogP contribution < -0.4 is 16.0 Å². The Balaban J connectivity index is 3.02. The van der Waals surface area contributed by atoms with Gasteiger partial charge in [-0.1, -0.05) is 20.8 Å². The molecule has 0 aromatic carbocycles. The van der Waals surface area contributed by atoms with Crippen molar-refractivity contribution < 1.29 is 4.79 Å². The van der Waals surface area contributed by atoms with Crippen molar-refractivity contribution in [3.05, 3.63) is 5.56 Å². The molecule has 0 bridgehead atoms. The first-order valence-electron chi connectivity index (χ1n) is 5.44. The second-order valence-corrected chi connectivity index (χ2v) is 6.00. The molecular weight excluding hydrogens is 236 g/mol. The first-order valence-corrected chi connectivity index (χ1v) is 6.22. The lowest BCUT2D eigenvalue weighted by molar-refractivity contribution is 0.0964. The molecule has 96 valence electrons. The molecule has 0 aliphatic rings. The molecule has 1 aromatic heterocycles. The Kier molecular flexibility index (Phi) is 3.98. The second kappa shape index (κ2) is 4.91. The highest BCUT2D eigenvalue weighted by atomic mass is 32.1. The lowest BCUT2D eigenvalue weighted by atomic mass is 9.96. The van der Waals surface area contributed by atoms with Crippen molar-refractivity contribution in [2.75, 3.05) is 31.3 Å². The highest BCUT2D eigenvalue weighted by Crippen LogP contribution is 2.31. The number of anilines is 2. The van der Waals surface area contributed by atoms with Crippen molar-refractivity contribution in [2.24, 2.45) is 5.41 Å². The minimum atomic E-state index is -0.188. The molecule has 6 heteroatoms. The first kappa shape index (κ1) is 13.8. The van der Waals surface area contributed by atoms with Crippen molar-refractivity contribution in [1.82, 2.24) is 9.69 Å². The zero-order valence-electron chi connectivity index (χ0n) is 11.0. The summed E-state index contributed by atoms with van der Waals surface area (Å²) in [5.41, 5.74) is 6.35. The molecule has 0 saturated carbocycles. The monoisotopic (exact) mass is 256 g/mol. The molecule has 0 unspecified atom stereocenters. The van der Waals surface area contributed by atoms with Gasteiger partial charge in [-0.25, -0.2) is 0 Å². The Labute approximate surface area is 106 Å². The lowest BCUT2D eigenvalue weighted by Crippen LogP contribution is -2.30. The quantitative estimate of drug-likeness (QED) is 0.861. The van der Waals surface area contributed by atoms with Crippen LogP contribution in [0.1, 0.15) is 31.1 Å². The van der Waals surface area contributed by atoms with Crippen LogP contribution in [0.15, 0.2) is 0 Å². The molecule has 1 amide bonds. The molecule has 3 N–H and O–H groups in total. The summed E-state index contributed by atoms with van der Waals surface area (Å²) < 4.78 is 4.05. The summed E-state index contributed by atoms with van der Waals surface area (Å²) in [4.78, 5) is 13.8. The molecule has 0 radical (unpaired) electrons. The Morgan fingerprint density at radius 2 is 2.12 bits per heavy atom. The van der Waals surface area contributed by atoms with Gasteiger partial charge in [0, 0.05) is 20.6 Å². The van der Waals surface area contributed by atoms with Gasteiger partial charge in [0.05, 0.1) is 0 Å². The van der Waals surface area contributed by atoms with Gasteiger partial charge in [-0.15, -0.1) is 0 Å². The number of carbonyl (C=O) groups is 1. The Bertz CT molecular complexity index is 408. The van der Waals surface area contributed by atoms with Crippen LogP contribution in [0.3, 0.4) is 0 Å². The molecule has 5 nitrogen and oxygen atoms in total. The normalized spacial score (nSPS) is 11.4. The zero-order valence-corrected chi connectivity index (χ0v) is 11.8. The van der Waals surface area contributed by atoms with Gasteiger partial charge >= 0.3 is 0 Å². The summed E-state index contributed by atoms with van der Waals surface area (Å²) in [6.45, 7) is 7.27. The number of hydrogen-bond acceptors (Lipinski definition) is 5. The van der Waals surface area contributed by atoms with E-state index < -0.39 is 0 Å². The number of hydrogen-bond donors (Lipinski definition) is 2. The Hall–Kier alpha value is -1.30. The molecule has 0 aliphatic heterocycles. The van der Waals surface area contributed by atoms with E-state index in [4.69, 9.17) is 5.73 Å². The van der Waals surface area contributed by atoms with E-state index in [1.54, 1.807) is 7.05 Å². The van der Waals surface area contributed by atoms with E-state index >= 15 is 0 Å². The number of aromatic nitrogens is 1. The molecule has 0 saturated heterocycles. The summed E-state index contributed by atoms with van der Waals surface area (Å²) in [5.74, 6) is 0.108. The van der Waals surface area contributed by atoms with Crippen LogP contribution >= 0.6 is 11.5 Å². The Morgan fingerprint density at radius 3 is 2.59 bits per heavy atom. The van der Waals surface area contributed by atoms with E-state index in [9.17, 15) is 4.79 Å². The van der Waals surface area contributed by atoms with Crippen LogP contribution in [0.5, 0.6) is 0 Å². The smallest absolute Gasteiger partial charge is 0.257 e. The average Bonchev–Trinajstić information content (AvgIpc) is 2.56. The SMILES string of the molecule is CNC(=O)c1c(N)nsc1N(C)CC(C)(C)C. The van der Waals surface area contributed by atoms with Crippen molar-refractivity contribution in [3.63, 3.8) is 0 Å². The number of carbonyl (C=O) groups excluding carboxylic acids is 1. The minimum Gasteiger partial charge on any atom is -0.382 e. The summed E-state index contributed by atoms with van der Waals surface area (Å²) in [6, 6.07) is 0. The van der Waals surface area contributed by atoms with Gasteiger partial charge in [-0.3, -0.25) is 4.79 Å². The highest BCUT2D eigenvalue weighted by Gasteiger charge is 2.23. The summed E-state index contributed by atoms with van der Waals surface area (Å²) in [7, 11) is 3.54. The molecule has 1 aromatic rings. The van der Waals surface area contributed by atoms with Gasteiger partial charge in [0.1, 0.15) is 10.6 Å². The van der Waals surface area contributed by atoms with E-state index in [0.717, 1.165) is 11.5 Å². The van der Waals surface area contributed by atoms with E-state index in [2.05, 4.69) is 30.5 Å².